The molecule has 0 heterocycles. The average Bonchev–Trinajstić information content (AvgIpc) is 2.57. The second-order valence-electron chi connectivity index (χ2n) is 6.55. The number of hydrogen-bond donors (Lipinski definition) is 0. The van der Waals surface area contributed by atoms with Crippen LogP contribution in [-0.2, 0) is 0 Å². The van der Waals surface area contributed by atoms with Gasteiger partial charge in [-0.1, -0.05) is 50.1 Å². The molecule has 2 heteroatoms. The number of rotatable bonds is 5. The van der Waals surface area contributed by atoms with Gasteiger partial charge in [0.15, 0.2) is 0 Å². The molecule has 118 valence electrons. The van der Waals surface area contributed by atoms with E-state index in [0.29, 0.717) is 0 Å². The van der Waals surface area contributed by atoms with E-state index in [0.717, 1.165) is 5.75 Å². The summed E-state index contributed by atoms with van der Waals surface area (Å²) in [6.07, 6.45) is 10.1. The van der Waals surface area contributed by atoms with Crippen LogP contribution in [0.1, 0.15) is 58.3 Å². The minimum atomic E-state index is 0.0800. The van der Waals surface area contributed by atoms with Gasteiger partial charge in [-0.15, -0.1) is 0 Å². The molecular weight excluding hydrogens is 383 g/mol. The summed E-state index contributed by atoms with van der Waals surface area (Å²) in [6.45, 7) is 2.27. The number of halogens is 1. The zero-order valence-electron chi connectivity index (χ0n) is 13.4. The molecular formula is C20H25IO. The van der Waals surface area contributed by atoms with Crippen LogP contribution < -0.4 is 4.74 Å². The fourth-order valence-corrected chi connectivity index (χ4v) is 4.40. The first-order valence-electron chi connectivity index (χ1n) is 8.60. The van der Waals surface area contributed by atoms with E-state index >= 15 is 0 Å². The van der Waals surface area contributed by atoms with Crippen molar-refractivity contribution in [1.82, 2.24) is 0 Å². The smallest absolute Gasteiger partial charge is 0.134 e. The highest BCUT2D eigenvalue weighted by atomic mass is 127. The normalized spacial score (nSPS) is 17.5. The second-order valence-corrected chi connectivity index (χ2v) is 7.63. The lowest BCUT2D eigenvalue weighted by atomic mass is 9.81. The summed E-state index contributed by atoms with van der Waals surface area (Å²) in [5.41, 5.74) is 0.0800. The Kier molecular flexibility index (Phi) is 5.27. The van der Waals surface area contributed by atoms with E-state index in [9.17, 15) is 0 Å². The fourth-order valence-electron chi connectivity index (χ4n) is 3.62. The van der Waals surface area contributed by atoms with Gasteiger partial charge in [0.1, 0.15) is 11.4 Å². The molecule has 1 saturated carbocycles. The van der Waals surface area contributed by atoms with E-state index in [1.54, 1.807) is 0 Å². The number of benzene rings is 2. The van der Waals surface area contributed by atoms with Crippen molar-refractivity contribution in [3.05, 3.63) is 40.0 Å². The fraction of sp³-hybridized carbons (Fsp3) is 0.500. The van der Waals surface area contributed by atoms with Crippen molar-refractivity contribution in [1.29, 1.82) is 0 Å². The molecule has 1 nitrogen and oxygen atoms in total. The van der Waals surface area contributed by atoms with Crippen molar-refractivity contribution in [3.63, 3.8) is 0 Å². The Morgan fingerprint density at radius 1 is 1.05 bits per heavy atom. The van der Waals surface area contributed by atoms with Crippen molar-refractivity contribution < 1.29 is 4.74 Å². The van der Waals surface area contributed by atoms with Gasteiger partial charge in [0.2, 0.25) is 0 Å². The molecule has 1 fully saturated rings. The van der Waals surface area contributed by atoms with Crippen LogP contribution in [-0.4, -0.2) is 5.60 Å². The molecule has 2 aromatic carbocycles. The van der Waals surface area contributed by atoms with Crippen molar-refractivity contribution >= 4 is 33.4 Å². The zero-order chi connectivity index (χ0) is 15.4. The standard InChI is InChI=1S/C20H25IO/c1-2-3-13-20(14-7-4-8-15-20)22-18-12-11-16-9-5-6-10-17(16)19(18)21/h5-6,9-12H,2-4,7-8,13-15H2,1H3. The van der Waals surface area contributed by atoms with E-state index in [1.165, 1.54) is 65.7 Å². The summed E-state index contributed by atoms with van der Waals surface area (Å²) in [4.78, 5) is 0. The molecule has 0 amide bonds. The first-order chi connectivity index (χ1) is 10.7. The summed E-state index contributed by atoms with van der Waals surface area (Å²) >= 11 is 2.45. The third kappa shape index (κ3) is 3.42. The van der Waals surface area contributed by atoms with Crippen LogP contribution >= 0.6 is 22.6 Å². The molecule has 0 spiro atoms. The molecule has 0 aromatic heterocycles. The van der Waals surface area contributed by atoms with Crippen LogP contribution in [0.15, 0.2) is 36.4 Å². The number of hydrogen-bond acceptors (Lipinski definition) is 1. The Bertz CT molecular complexity index is 629. The molecule has 1 aliphatic rings. The van der Waals surface area contributed by atoms with E-state index in [-0.39, 0.29) is 5.60 Å². The van der Waals surface area contributed by atoms with Gasteiger partial charge < -0.3 is 4.74 Å². The maximum absolute atomic E-state index is 6.68. The second kappa shape index (κ2) is 7.20. The maximum Gasteiger partial charge on any atom is 0.134 e. The summed E-state index contributed by atoms with van der Waals surface area (Å²) in [7, 11) is 0. The summed E-state index contributed by atoms with van der Waals surface area (Å²) in [5, 5.41) is 2.60. The van der Waals surface area contributed by atoms with E-state index < -0.39 is 0 Å². The third-order valence-corrected chi connectivity index (χ3v) is 6.02. The predicted molar refractivity (Wildman–Crippen MR) is 103 cm³/mol. The quantitative estimate of drug-likeness (QED) is 0.500. The van der Waals surface area contributed by atoms with Gasteiger partial charge in [-0.25, -0.2) is 0 Å². The molecule has 0 bridgehead atoms. The van der Waals surface area contributed by atoms with Crippen molar-refractivity contribution in [2.24, 2.45) is 0 Å². The first kappa shape index (κ1) is 16.1. The van der Waals surface area contributed by atoms with Crippen LogP contribution in [0.2, 0.25) is 0 Å². The maximum atomic E-state index is 6.68. The molecule has 0 atom stereocenters. The lowest BCUT2D eigenvalue weighted by molar-refractivity contribution is 0.0194. The Balaban J connectivity index is 1.90. The molecule has 0 aliphatic heterocycles. The van der Waals surface area contributed by atoms with Gasteiger partial charge >= 0.3 is 0 Å². The highest BCUT2D eigenvalue weighted by Gasteiger charge is 2.34. The molecule has 0 unspecified atom stereocenters. The van der Waals surface area contributed by atoms with E-state index in [2.05, 4.69) is 65.9 Å². The zero-order valence-corrected chi connectivity index (χ0v) is 15.6. The Morgan fingerprint density at radius 2 is 1.82 bits per heavy atom. The Labute approximate surface area is 147 Å². The lowest BCUT2D eigenvalue weighted by Crippen LogP contribution is -2.38. The molecule has 22 heavy (non-hydrogen) atoms. The van der Waals surface area contributed by atoms with Gasteiger partial charge in [0.25, 0.3) is 0 Å². The molecule has 0 radical (unpaired) electrons. The molecule has 3 rings (SSSR count). The average molecular weight is 408 g/mol. The van der Waals surface area contributed by atoms with Gasteiger partial charge in [0.05, 0.1) is 3.57 Å². The Morgan fingerprint density at radius 3 is 2.59 bits per heavy atom. The van der Waals surface area contributed by atoms with Crippen LogP contribution in [0, 0.1) is 3.57 Å². The monoisotopic (exact) mass is 408 g/mol. The van der Waals surface area contributed by atoms with Gasteiger partial charge in [0, 0.05) is 0 Å². The first-order valence-corrected chi connectivity index (χ1v) is 9.68. The SMILES string of the molecule is CCCCC1(Oc2ccc3ccccc3c2I)CCCCC1. The number of ether oxygens (including phenoxy) is 1. The highest BCUT2D eigenvalue weighted by Crippen LogP contribution is 2.39. The van der Waals surface area contributed by atoms with Crippen molar-refractivity contribution in [3.8, 4) is 5.75 Å². The minimum Gasteiger partial charge on any atom is -0.486 e. The van der Waals surface area contributed by atoms with E-state index in [1.807, 2.05) is 0 Å². The topological polar surface area (TPSA) is 9.23 Å². The number of fused-ring (bicyclic) bond motifs is 1. The van der Waals surface area contributed by atoms with Crippen LogP contribution in [0.5, 0.6) is 5.75 Å². The summed E-state index contributed by atoms with van der Waals surface area (Å²) in [6, 6.07) is 13.0. The number of unbranched alkanes of at least 4 members (excludes halogenated alkanes) is 1. The highest BCUT2D eigenvalue weighted by molar-refractivity contribution is 14.1. The van der Waals surface area contributed by atoms with E-state index in [4.69, 9.17) is 4.74 Å². The van der Waals surface area contributed by atoms with Crippen LogP contribution in [0.3, 0.4) is 0 Å². The summed E-state index contributed by atoms with van der Waals surface area (Å²) < 4.78 is 7.94. The molecule has 1 aliphatic carbocycles. The van der Waals surface area contributed by atoms with Crippen LogP contribution in [0.4, 0.5) is 0 Å². The molecule has 0 N–H and O–H groups in total. The van der Waals surface area contributed by atoms with Crippen molar-refractivity contribution in [2.45, 2.75) is 63.9 Å². The molecule has 2 aromatic rings. The molecule has 0 saturated heterocycles. The largest absolute Gasteiger partial charge is 0.486 e. The van der Waals surface area contributed by atoms with Gasteiger partial charge in [-0.2, -0.15) is 0 Å². The minimum absolute atomic E-state index is 0.0800. The van der Waals surface area contributed by atoms with Gasteiger partial charge in [-0.05, 0) is 78.0 Å². The van der Waals surface area contributed by atoms with Gasteiger partial charge in [-0.3, -0.25) is 0 Å². The predicted octanol–water partition coefficient (Wildman–Crippen LogP) is 6.72. The van der Waals surface area contributed by atoms with Crippen LogP contribution in [0.25, 0.3) is 10.8 Å². The lowest BCUT2D eigenvalue weighted by Gasteiger charge is -2.38. The Hall–Kier alpha value is -0.770. The summed E-state index contributed by atoms with van der Waals surface area (Å²) in [5.74, 6) is 1.08. The third-order valence-electron chi connectivity index (χ3n) is 4.91. The van der Waals surface area contributed by atoms with Crippen molar-refractivity contribution in [2.75, 3.05) is 0 Å².